The molecule has 0 unspecified atom stereocenters. The van der Waals surface area contributed by atoms with Crippen molar-refractivity contribution in [2.75, 3.05) is 7.11 Å². The third-order valence-electron chi connectivity index (χ3n) is 2.67. The molecule has 0 aromatic heterocycles. The van der Waals surface area contributed by atoms with Crippen LogP contribution in [-0.4, -0.2) is 18.2 Å². The molecule has 0 N–H and O–H groups in total. The topological polar surface area (TPSA) is 87.8 Å². The van der Waals surface area contributed by atoms with Crippen LogP contribution < -0.4 is 9.84 Å². The number of nitro benzene ring substituents is 1. The van der Waals surface area contributed by atoms with E-state index in [0.717, 1.165) is 6.07 Å². The molecule has 7 heteroatoms. The van der Waals surface area contributed by atoms with E-state index < -0.39 is 16.4 Å². The van der Waals surface area contributed by atoms with Crippen molar-refractivity contribution in [3.63, 3.8) is 0 Å². The van der Waals surface area contributed by atoms with Crippen LogP contribution in [0.5, 0.6) is 11.5 Å². The minimum absolute atomic E-state index is 0.0528. The molecule has 0 aliphatic rings. The number of hydrogen-bond acceptors (Lipinski definition) is 5. The predicted molar refractivity (Wildman–Crippen MR) is 77.8 cm³/mol. The molecule has 0 atom stereocenters. The van der Waals surface area contributed by atoms with Crippen molar-refractivity contribution >= 4 is 29.2 Å². The van der Waals surface area contributed by atoms with Gasteiger partial charge in [-0.25, -0.2) is 0 Å². The zero-order chi connectivity index (χ0) is 15.4. The molecule has 2 rings (SSSR count). The number of nitro groups is 1. The quantitative estimate of drug-likeness (QED) is 0.493. The standard InChI is InChI=1S/C14H11ClN2O4/c1-21-12-4-2-3-11(7-12)16-8-9-5-10(15)6-13(14(9)18)17(19)20/h2-8,18H,1H3/p-1. The van der Waals surface area contributed by atoms with Crippen LogP contribution in [0.4, 0.5) is 11.4 Å². The summed E-state index contributed by atoms with van der Waals surface area (Å²) in [5.41, 5.74) is 0.0305. The molecule has 0 saturated carbocycles. The highest BCUT2D eigenvalue weighted by molar-refractivity contribution is 6.31. The molecule has 2 aromatic carbocycles. The fourth-order valence-electron chi connectivity index (χ4n) is 1.67. The van der Waals surface area contributed by atoms with Gasteiger partial charge in [-0.3, -0.25) is 15.1 Å². The lowest BCUT2D eigenvalue weighted by Crippen LogP contribution is -2.02. The average Bonchev–Trinajstić information content (AvgIpc) is 2.47. The molecule has 0 fully saturated rings. The highest BCUT2D eigenvalue weighted by Gasteiger charge is 2.11. The van der Waals surface area contributed by atoms with Crippen molar-refractivity contribution in [2.24, 2.45) is 4.99 Å². The van der Waals surface area contributed by atoms with Crippen molar-refractivity contribution < 1.29 is 14.8 Å². The van der Waals surface area contributed by atoms with Crippen molar-refractivity contribution in [3.05, 3.63) is 57.1 Å². The van der Waals surface area contributed by atoms with Crippen LogP contribution in [0.15, 0.2) is 41.4 Å². The van der Waals surface area contributed by atoms with Crippen LogP contribution in [0.1, 0.15) is 5.56 Å². The lowest BCUT2D eigenvalue weighted by Gasteiger charge is -2.10. The second kappa shape index (κ2) is 6.23. The van der Waals surface area contributed by atoms with Gasteiger partial charge in [0.1, 0.15) is 5.75 Å². The van der Waals surface area contributed by atoms with Gasteiger partial charge in [0.25, 0.3) is 5.69 Å². The van der Waals surface area contributed by atoms with Gasteiger partial charge in [-0.1, -0.05) is 17.7 Å². The van der Waals surface area contributed by atoms with Gasteiger partial charge in [0.15, 0.2) is 0 Å². The summed E-state index contributed by atoms with van der Waals surface area (Å²) in [5, 5.41) is 22.8. The van der Waals surface area contributed by atoms with E-state index >= 15 is 0 Å². The molecule has 6 nitrogen and oxygen atoms in total. The smallest absolute Gasteiger partial charge is 0.263 e. The summed E-state index contributed by atoms with van der Waals surface area (Å²) in [6.45, 7) is 0. The molecule has 0 heterocycles. The summed E-state index contributed by atoms with van der Waals surface area (Å²) in [6.07, 6.45) is 1.25. The fraction of sp³-hybridized carbons (Fsp3) is 0.0714. The molecule has 2 aromatic rings. The summed E-state index contributed by atoms with van der Waals surface area (Å²) in [6, 6.07) is 9.22. The first-order valence-corrected chi connectivity index (χ1v) is 6.22. The van der Waals surface area contributed by atoms with Crippen LogP contribution in [0.25, 0.3) is 0 Å². The Morgan fingerprint density at radius 2 is 2.10 bits per heavy atom. The summed E-state index contributed by atoms with van der Waals surface area (Å²) in [5.74, 6) is -0.111. The number of aliphatic imine (C=N–C) groups is 1. The van der Waals surface area contributed by atoms with Gasteiger partial charge in [0, 0.05) is 23.4 Å². The van der Waals surface area contributed by atoms with Crippen molar-refractivity contribution in [1.82, 2.24) is 0 Å². The summed E-state index contributed by atoms with van der Waals surface area (Å²) in [4.78, 5) is 14.1. The van der Waals surface area contributed by atoms with E-state index in [1.165, 1.54) is 19.4 Å². The van der Waals surface area contributed by atoms with Crippen LogP contribution in [-0.2, 0) is 0 Å². The Morgan fingerprint density at radius 3 is 2.76 bits per heavy atom. The Balaban J connectivity index is 2.38. The SMILES string of the molecule is COc1cccc(N=Cc2cc(Cl)cc([N+](=O)[O-])c2[O-])c1. The maximum absolute atomic E-state index is 11.9. The molecule has 0 spiro atoms. The van der Waals surface area contributed by atoms with Crippen LogP contribution in [0.2, 0.25) is 5.02 Å². The highest BCUT2D eigenvalue weighted by atomic mass is 35.5. The molecular formula is C14H10ClN2O4-. The average molecular weight is 306 g/mol. The molecular weight excluding hydrogens is 296 g/mol. The second-order valence-corrected chi connectivity index (χ2v) is 4.50. The first-order chi connectivity index (χ1) is 10.0. The van der Waals surface area contributed by atoms with Crippen molar-refractivity contribution in [2.45, 2.75) is 0 Å². The fourth-order valence-corrected chi connectivity index (χ4v) is 1.89. The van der Waals surface area contributed by atoms with Crippen molar-refractivity contribution in [3.8, 4) is 11.5 Å². The van der Waals surface area contributed by atoms with Gasteiger partial charge >= 0.3 is 0 Å². The van der Waals surface area contributed by atoms with Gasteiger partial charge < -0.3 is 9.84 Å². The summed E-state index contributed by atoms with van der Waals surface area (Å²) in [7, 11) is 1.53. The van der Waals surface area contributed by atoms with Crippen LogP contribution in [0, 0.1) is 10.1 Å². The minimum Gasteiger partial charge on any atom is -0.867 e. The predicted octanol–water partition coefficient (Wildman–Crippen LogP) is 3.08. The Morgan fingerprint density at radius 1 is 1.33 bits per heavy atom. The number of nitrogens with zero attached hydrogens (tertiary/aromatic N) is 2. The number of hydrogen-bond donors (Lipinski definition) is 0. The van der Waals surface area contributed by atoms with Gasteiger partial charge in [-0.2, -0.15) is 0 Å². The summed E-state index contributed by atoms with van der Waals surface area (Å²) < 4.78 is 5.05. The molecule has 0 aliphatic carbocycles. The third-order valence-corrected chi connectivity index (χ3v) is 2.88. The lowest BCUT2D eigenvalue weighted by atomic mass is 10.2. The van der Waals surface area contributed by atoms with Gasteiger partial charge in [0.05, 0.1) is 17.7 Å². The van der Waals surface area contributed by atoms with E-state index in [4.69, 9.17) is 16.3 Å². The number of benzene rings is 2. The second-order valence-electron chi connectivity index (χ2n) is 4.06. The molecule has 0 saturated heterocycles. The third kappa shape index (κ3) is 3.49. The maximum atomic E-state index is 11.9. The van der Waals surface area contributed by atoms with Crippen molar-refractivity contribution in [1.29, 1.82) is 0 Å². The zero-order valence-corrected chi connectivity index (χ0v) is 11.7. The van der Waals surface area contributed by atoms with Crippen LogP contribution >= 0.6 is 11.6 Å². The van der Waals surface area contributed by atoms with E-state index in [0.29, 0.717) is 11.4 Å². The highest BCUT2D eigenvalue weighted by Crippen LogP contribution is 2.30. The first kappa shape index (κ1) is 14.8. The Bertz CT molecular complexity index is 716. The molecule has 0 radical (unpaired) electrons. The van der Waals surface area contributed by atoms with E-state index in [1.807, 2.05) is 0 Å². The summed E-state index contributed by atoms with van der Waals surface area (Å²) >= 11 is 5.77. The number of halogens is 1. The monoisotopic (exact) mass is 305 g/mol. The van der Waals surface area contributed by atoms with E-state index in [1.54, 1.807) is 24.3 Å². The number of ether oxygens (including phenoxy) is 1. The van der Waals surface area contributed by atoms with E-state index in [2.05, 4.69) is 4.99 Å². The number of methoxy groups -OCH3 is 1. The lowest BCUT2D eigenvalue weighted by molar-refractivity contribution is -0.398. The maximum Gasteiger partial charge on any atom is 0.263 e. The van der Waals surface area contributed by atoms with E-state index in [-0.39, 0.29) is 10.6 Å². The molecule has 108 valence electrons. The normalized spacial score (nSPS) is 10.8. The van der Waals surface area contributed by atoms with Gasteiger partial charge in [-0.15, -0.1) is 0 Å². The zero-order valence-electron chi connectivity index (χ0n) is 10.9. The van der Waals surface area contributed by atoms with Gasteiger partial charge in [-0.05, 0) is 29.5 Å². The Labute approximate surface area is 125 Å². The van der Waals surface area contributed by atoms with Crippen LogP contribution in [0.3, 0.4) is 0 Å². The molecule has 0 aliphatic heterocycles. The molecule has 21 heavy (non-hydrogen) atoms. The Hall–Kier alpha value is -2.60. The molecule has 0 amide bonds. The van der Waals surface area contributed by atoms with Gasteiger partial charge in [0.2, 0.25) is 0 Å². The largest absolute Gasteiger partial charge is 0.867 e. The molecule has 0 bridgehead atoms. The Kier molecular flexibility index (Phi) is 4.39. The number of rotatable bonds is 4. The first-order valence-electron chi connectivity index (χ1n) is 5.84. The van der Waals surface area contributed by atoms with E-state index in [9.17, 15) is 15.2 Å². The minimum atomic E-state index is -0.767.